The first-order valence-corrected chi connectivity index (χ1v) is 11.3. The van der Waals surface area contributed by atoms with E-state index in [1.165, 1.54) is 11.1 Å². The van der Waals surface area contributed by atoms with Crippen LogP contribution in [0.5, 0.6) is 0 Å². The van der Waals surface area contributed by atoms with Crippen molar-refractivity contribution in [2.24, 2.45) is 16.6 Å². The summed E-state index contributed by atoms with van der Waals surface area (Å²) < 4.78 is 0. The molecule has 2 rings (SSSR count). The Morgan fingerprint density at radius 3 is 2.26 bits per heavy atom. The van der Waals surface area contributed by atoms with Gasteiger partial charge in [-0.1, -0.05) is 45.0 Å². The summed E-state index contributed by atoms with van der Waals surface area (Å²) >= 11 is 0. The lowest BCUT2D eigenvalue weighted by atomic mass is 9.86. The van der Waals surface area contributed by atoms with E-state index in [-0.39, 0.29) is 41.2 Å². The Kier molecular flexibility index (Phi) is 12.4. The molecule has 0 saturated carbocycles. The Hall–Kier alpha value is -1.35. The van der Waals surface area contributed by atoms with Crippen LogP contribution in [0.15, 0.2) is 29.3 Å². The molecule has 1 aliphatic rings. The van der Waals surface area contributed by atoms with E-state index in [1.807, 2.05) is 7.05 Å². The number of likely N-dealkylation sites (tertiary alicyclic amines) is 1. The minimum atomic E-state index is -0.139. The lowest BCUT2D eigenvalue weighted by Gasteiger charge is -2.30. The number of unbranched alkanes of at least 4 members (excludes halogenated alkanes) is 1. The normalized spacial score (nSPS) is 15.9. The van der Waals surface area contributed by atoms with Gasteiger partial charge in [0.1, 0.15) is 0 Å². The summed E-state index contributed by atoms with van der Waals surface area (Å²) in [6.45, 7) is 11.6. The van der Waals surface area contributed by atoms with E-state index in [0.29, 0.717) is 0 Å². The van der Waals surface area contributed by atoms with E-state index in [0.717, 1.165) is 70.8 Å². The second-order valence-electron chi connectivity index (χ2n) is 9.35. The quantitative estimate of drug-likeness (QED) is 0.193. The van der Waals surface area contributed by atoms with Gasteiger partial charge in [-0.3, -0.25) is 9.79 Å². The van der Waals surface area contributed by atoms with Crippen molar-refractivity contribution in [3.8, 4) is 0 Å². The van der Waals surface area contributed by atoms with Crippen molar-refractivity contribution in [1.29, 1.82) is 0 Å². The summed E-state index contributed by atoms with van der Waals surface area (Å²) in [5.74, 6) is 0.803. The van der Waals surface area contributed by atoms with Crippen LogP contribution in [0, 0.1) is 5.92 Å². The number of hydrogen-bond acceptors (Lipinski definition) is 3. The number of aliphatic imine (C=N–C) groups is 1. The highest BCUT2D eigenvalue weighted by atomic mass is 127. The van der Waals surface area contributed by atoms with Crippen molar-refractivity contribution >= 4 is 35.8 Å². The number of hydrogen-bond donors (Lipinski definition) is 3. The number of primary amides is 1. The molecule has 6 nitrogen and oxygen atoms in total. The fourth-order valence-corrected chi connectivity index (χ4v) is 3.83. The lowest BCUT2D eigenvalue weighted by Crippen LogP contribution is -2.40. The molecule has 31 heavy (non-hydrogen) atoms. The summed E-state index contributed by atoms with van der Waals surface area (Å²) in [4.78, 5) is 18.0. The molecule has 0 unspecified atom stereocenters. The molecule has 1 aliphatic heterocycles. The van der Waals surface area contributed by atoms with Gasteiger partial charge in [-0.25, -0.2) is 0 Å². The molecule has 0 atom stereocenters. The second kappa shape index (κ2) is 13.9. The van der Waals surface area contributed by atoms with Crippen LogP contribution in [0.25, 0.3) is 0 Å². The van der Waals surface area contributed by atoms with Crippen molar-refractivity contribution in [2.75, 3.05) is 39.8 Å². The van der Waals surface area contributed by atoms with Crippen LogP contribution in [0.1, 0.15) is 57.6 Å². The minimum Gasteiger partial charge on any atom is -0.369 e. The molecule has 0 radical (unpaired) electrons. The molecule has 1 amide bonds. The van der Waals surface area contributed by atoms with Crippen LogP contribution in [-0.4, -0.2) is 56.5 Å². The van der Waals surface area contributed by atoms with Gasteiger partial charge in [-0.15, -0.1) is 24.0 Å². The minimum absolute atomic E-state index is 0. The van der Waals surface area contributed by atoms with Crippen LogP contribution >= 0.6 is 24.0 Å². The van der Waals surface area contributed by atoms with Crippen LogP contribution < -0.4 is 16.4 Å². The highest BCUT2D eigenvalue weighted by Crippen LogP contribution is 2.22. The van der Waals surface area contributed by atoms with Crippen LogP contribution in [0.3, 0.4) is 0 Å². The van der Waals surface area contributed by atoms with Gasteiger partial charge in [-0.2, -0.15) is 0 Å². The van der Waals surface area contributed by atoms with Crippen molar-refractivity contribution in [3.63, 3.8) is 0 Å². The van der Waals surface area contributed by atoms with E-state index < -0.39 is 0 Å². The maximum atomic E-state index is 11.2. The molecular formula is C24H42IN5O. The number of amides is 1. The predicted octanol–water partition coefficient (Wildman–Crippen LogP) is 3.29. The SMILES string of the molecule is CN=C(NCCCCN1CCC(C(N)=O)CC1)NCCc1ccc(C(C)(C)C)cc1.I. The highest BCUT2D eigenvalue weighted by Gasteiger charge is 2.22. The average molecular weight is 544 g/mol. The van der Waals surface area contributed by atoms with E-state index in [2.05, 4.69) is 65.6 Å². The molecule has 4 N–H and O–H groups in total. The molecule has 1 aromatic rings. The molecule has 1 heterocycles. The zero-order valence-corrected chi connectivity index (χ0v) is 22.1. The van der Waals surface area contributed by atoms with Gasteiger partial charge in [0, 0.05) is 26.1 Å². The summed E-state index contributed by atoms with van der Waals surface area (Å²) in [7, 11) is 1.82. The molecule has 1 saturated heterocycles. The molecule has 7 heteroatoms. The van der Waals surface area contributed by atoms with E-state index >= 15 is 0 Å². The second-order valence-corrected chi connectivity index (χ2v) is 9.35. The number of carbonyl (C=O) groups is 1. The smallest absolute Gasteiger partial charge is 0.220 e. The Morgan fingerprint density at radius 1 is 1.10 bits per heavy atom. The third-order valence-corrected chi connectivity index (χ3v) is 5.93. The fraction of sp³-hybridized carbons (Fsp3) is 0.667. The molecule has 1 aromatic carbocycles. The highest BCUT2D eigenvalue weighted by molar-refractivity contribution is 14.0. The summed E-state index contributed by atoms with van der Waals surface area (Å²) in [5.41, 5.74) is 8.31. The molecule has 1 fully saturated rings. The maximum Gasteiger partial charge on any atom is 0.220 e. The van der Waals surface area contributed by atoms with E-state index in [4.69, 9.17) is 5.73 Å². The zero-order valence-electron chi connectivity index (χ0n) is 19.7. The number of carbonyl (C=O) groups excluding carboxylic acids is 1. The van der Waals surface area contributed by atoms with Crippen LogP contribution in [-0.2, 0) is 16.6 Å². The first-order valence-electron chi connectivity index (χ1n) is 11.3. The number of nitrogens with zero attached hydrogens (tertiary/aromatic N) is 2. The van der Waals surface area contributed by atoms with Crippen molar-refractivity contribution in [3.05, 3.63) is 35.4 Å². The summed E-state index contributed by atoms with van der Waals surface area (Å²) in [5, 5.41) is 6.81. The van der Waals surface area contributed by atoms with E-state index in [1.54, 1.807) is 0 Å². The van der Waals surface area contributed by atoms with Gasteiger partial charge in [0.15, 0.2) is 5.96 Å². The van der Waals surface area contributed by atoms with Gasteiger partial charge in [0.2, 0.25) is 5.91 Å². The number of rotatable bonds is 9. The molecule has 0 aliphatic carbocycles. The Morgan fingerprint density at radius 2 is 1.71 bits per heavy atom. The molecule has 0 bridgehead atoms. The summed E-state index contributed by atoms with van der Waals surface area (Å²) in [6.07, 6.45) is 5.04. The number of nitrogens with one attached hydrogen (secondary N) is 2. The van der Waals surface area contributed by atoms with E-state index in [9.17, 15) is 4.79 Å². The summed E-state index contributed by atoms with van der Waals surface area (Å²) in [6, 6.07) is 8.92. The third-order valence-electron chi connectivity index (χ3n) is 5.93. The first kappa shape index (κ1) is 27.7. The third kappa shape index (κ3) is 10.2. The van der Waals surface area contributed by atoms with Crippen LogP contribution in [0.2, 0.25) is 0 Å². The van der Waals surface area contributed by atoms with Gasteiger partial charge in [0.05, 0.1) is 0 Å². The van der Waals surface area contributed by atoms with Gasteiger partial charge >= 0.3 is 0 Å². The van der Waals surface area contributed by atoms with Crippen molar-refractivity contribution < 1.29 is 4.79 Å². The Bertz CT molecular complexity index is 676. The number of halogens is 1. The van der Waals surface area contributed by atoms with Gasteiger partial charge < -0.3 is 21.3 Å². The standard InChI is InChI=1S/C24H41N5O.HI/c1-24(2,3)21-9-7-19(8-10-21)11-15-28-23(26-4)27-14-5-6-16-29-17-12-20(13-18-29)22(25)30;/h7-10,20H,5-6,11-18H2,1-4H3,(H2,25,30)(H2,26,27,28);1H. The molecule has 176 valence electrons. The first-order chi connectivity index (χ1) is 14.3. The Balaban J connectivity index is 0.00000480. The zero-order chi connectivity index (χ0) is 22.0. The lowest BCUT2D eigenvalue weighted by molar-refractivity contribution is -0.123. The Labute approximate surface area is 205 Å². The maximum absolute atomic E-state index is 11.2. The average Bonchev–Trinajstić information content (AvgIpc) is 2.72. The fourth-order valence-electron chi connectivity index (χ4n) is 3.83. The van der Waals surface area contributed by atoms with Crippen LogP contribution in [0.4, 0.5) is 0 Å². The number of piperidine rings is 1. The predicted molar refractivity (Wildman–Crippen MR) is 141 cm³/mol. The van der Waals surface area contributed by atoms with Crippen molar-refractivity contribution in [2.45, 2.75) is 58.3 Å². The monoisotopic (exact) mass is 543 g/mol. The molecular weight excluding hydrogens is 501 g/mol. The van der Waals surface area contributed by atoms with Gasteiger partial charge in [-0.05, 0) is 68.3 Å². The molecule has 0 aromatic heterocycles. The van der Waals surface area contributed by atoms with Crippen molar-refractivity contribution in [1.82, 2.24) is 15.5 Å². The number of nitrogens with two attached hydrogens (primary N) is 1. The number of guanidine groups is 1. The topological polar surface area (TPSA) is 82.8 Å². The molecule has 0 spiro atoms. The largest absolute Gasteiger partial charge is 0.369 e. The van der Waals surface area contributed by atoms with Gasteiger partial charge in [0.25, 0.3) is 0 Å². The number of benzene rings is 1.